The summed E-state index contributed by atoms with van der Waals surface area (Å²) in [6.45, 7) is -0.727. The van der Waals surface area contributed by atoms with Crippen LogP contribution in [0.5, 0.6) is 0 Å². The van der Waals surface area contributed by atoms with Crippen LogP contribution in [0.2, 0.25) is 12.1 Å². The maximum atomic E-state index is 11.7. The van der Waals surface area contributed by atoms with E-state index in [2.05, 4.69) is 0 Å². The highest BCUT2D eigenvalue weighted by Crippen LogP contribution is 2.33. The van der Waals surface area contributed by atoms with Crippen molar-refractivity contribution >= 4 is 28.9 Å². The Kier molecular flexibility index (Phi) is 4.95. The first kappa shape index (κ1) is 12.6. The Morgan fingerprint density at radius 2 is 1.67 bits per heavy atom. The van der Waals surface area contributed by atoms with Gasteiger partial charge in [-0.3, -0.25) is 0 Å². The fraction of sp³-hybridized carbons (Fsp3) is 1.00. The molecule has 0 aromatic rings. The Hall–Kier alpha value is 0.587. The van der Waals surface area contributed by atoms with E-state index in [1.54, 1.807) is 0 Å². The molecular weight excluding hydrogens is 228 g/mol. The zero-order valence-electron chi connectivity index (χ0n) is 6.72. The van der Waals surface area contributed by atoms with Gasteiger partial charge < -0.3 is 0 Å². The van der Waals surface area contributed by atoms with Crippen molar-refractivity contribution in [1.82, 2.24) is 0 Å². The minimum atomic E-state index is -4.13. The molecule has 0 bridgehead atoms. The van der Waals surface area contributed by atoms with Crippen LogP contribution in [0.15, 0.2) is 0 Å². The lowest BCUT2D eigenvalue weighted by Crippen LogP contribution is -2.21. The SMILES string of the molecule is CCC[Si](Cl)(Cl)CCC(F)(F)F. The largest absolute Gasteiger partial charge is 0.388 e. The molecule has 0 aliphatic carbocycles. The van der Waals surface area contributed by atoms with Gasteiger partial charge in [-0.2, -0.15) is 13.2 Å². The number of halogens is 5. The van der Waals surface area contributed by atoms with Gasteiger partial charge in [-0.15, -0.1) is 22.2 Å². The van der Waals surface area contributed by atoms with Crippen molar-refractivity contribution in [2.45, 2.75) is 38.0 Å². The van der Waals surface area contributed by atoms with Gasteiger partial charge in [-0.25, -0.2) is 0 Å². The Bertz CT molecular complexity index is 135. The van der Waals surface area contributed by atoms with Crippen molar-refractivity contribution in [2.75, 3.05) is 0 Å². The molecule has 0 aliphatic rings. The van der Waals surface area contributed by atoms with E-state index in [0.29, 0.717) is 6.04 Å². The summed E-state index contributed by atoms with van der Waals surface area (Å²) in [6.07, 6.45) is -4.24. The molecule has 0 atom stereocenters. The summed E-state index contributed by atoms with van der Waals surface area (Å²) in [5, 5.41) is 0. The topological polar surface area (TPSA) is 0 Å². The summed E-state index contributed by atoms with van der Waals surface area (Å²) in [5.41, 5.74) is 0. The van der Waals surface area contributed by atoms with E-state index in [-0.39, 0.29) is 6.04 Å². The molecule has 0 nitrogen and oxygen atoms in total. The lowest BCUT2D eigenvalue weighted by atomic mass is 10.5. The van der Waals surface area contributed by atoms with Crippen molar-refractivity contribution in [3.8, 4) is 0 Å². The van der Waals surface area contributed by atoms with Gasteiger partial charge in [0.1, 0.15) is 0 Å². The summed E-state index contributed by atoms with van der Waals surface area (Å²) in [4.78, 5) is 0. The standard InChI is InChI=1S/C6H11Cl2F3Si/c1-2-4-12(7,8)5-3-6(9,10)11/h2-5H2,1H3. The molecule has 0 unspecified atom stereocenters. The van der Waals surface area contributed by atoms with Crippen LogP contribution in [-0.4, -0.2) is 12.9 Å². The first-order valence-corrected chi connectivity index (χ1v) is 8.15. The number of rotatable bonds is 4. The lowest BCUT2D eigenvalue weighted by molar-refractivity contribution is -0.130. The third-order valence-corrected chi connectivity index (χ3v) is 5.87. The van der Waals surface area contributed by atoms with E-state index in [0.717, 1.165) is 6.42 Å². The van der Waals surface area contributed by atoms with Gasteiger partial charge in [0.2, 0.25) is 0 Å². The predicted octanol–water partition coefficient (Wildman–Crippen LogP) is 4.27. The highest BCUT2D eigenvalue weighted by molar-refractivity contribution is 7.45. The second kappa shape index (κ2) is 4.72. The van der Waals surface area contributed by atoms with Gasteiger partial charge in [-0.05, 0) is 12.1 Å². The van der Waals surface area contributed by atoms with E-state index < -0.39 is 19.3 Å². The molecule has 0 aliphatic heterocycles. The highest BCUT2D eigenvalue weighted by Gasteiger charge is 2.35. The van der Waals surface area contributed by atoms with Gasteiger partial charge in [0, 0.05) is 6.42 Å². The summed E-state index contributed by atoms with van der Waals surface area (Å²) in [5.74, 6) is 0. The molecule has 0 aromatic carbocycles. The molecule has 0 heterocycles. The number of alkyl halides is 3. The number of hydrogen-bond acceptors (Lipinski definition) is 0. The zero-order valence-corrected chi connectivity index (χ0v) is 9.23. The van der Waals surface area contributed by atoms with Crippen LogP contribution < -0.4 is 0 Å². The smallest absolute Gasteiger partial charge is 0.171 e. The molecule has 0 amide bonds. The van der Waals surface area contributed by atoms with E-state index in [1.807, 2.05) is 6.92 Å². The molecular formula is C6H11Cl2F3Si. The third kappa shape index (κ3) is 7.25. The Morgan fingerprint density at radius 3 is 2.00 bits per heavy atom. The molecule has 0 fully saturated rings. The first-order valence-electron chi connectivity index (χ1n) is 3.71. The molecule has 0 radical (unpaired) electrons. The van der Waals surface area contributed by atoms with Crippen LogP contribution in [0, 0.1) is 0 Å². The molecule has 74 valence electrons. The molecule has 6 heteroatoms. The van der Waals surface area contributed by atoms with Crippen LogP contribution in [0.3, 0.4) is 0 Å². The molecule has 0 saturated heterocycles. The normalized spacial score (nSPS) is 13.5. The van der Waals surface area contributed by atoms with E-state index >= 15 is 0 Å². The van der Waals surface area contributed by atoms with Gasteiger partial charge in [0.05, 0.1) is 0 Å². The maximum absolute atomic E-state index is 11.7. The predicted molar refractivity (Wildman–Crippen MR) is 48.0 cm³/mol. The third-order valence-electron chi connectivity index (χ3n) is 1.39. The average molecular weight is 239 g/mol. The van der Waals surface area contributed by atoms with Crippen LogP contribution in [0.4, 0.5) is 13.2 Å². The lowest BCUT2D eigenvalue weighted by Gasteiger charge is -2.16. The van der Waals surface area contributed by atoms with Crippen LogP contribution in [0.1, 0.15) is 19.8 Å². The minimum Gasteiger partial charge on any atom is -0.171 e. The summed E-state index contributed by atoms with van der Waals surface area (Å²) in [6, 6.07) is 0.444. The summed E-state index contributed by atoms with van der Waals surface area (Å²) < 4.78 is 35.2. The van der Waals surface area contributed by atoms with Crippen molar-refractivity contribution in [3.63, 3.8) is 0 Å². The fourth-order valence-electron chi connectivity index (χ4n) is 0.815. The molecule has 0 N–H and O–H groups in total. The van der Waals surface area contributed by atoms with Gasteiger partial charge in [0.15, 0.2) is 0 Å². The Morgan fingerprint density at radius 1 is 1.17 bits per heavy atom. The monoisotopic (exact) mass is 238 g/mol. The molecule has 0 aromatic heterocycles. The van der Waals surface area contributed by atoms with Crippen LogP contribution in [0.25, 0.3) is 0 Å². The highest BCUT2D eigenvalue weighted by atomic mass is 35.7. The van der Waals surface area contributed by atoms with Crippen LogP contribution in [-0.2, 0) is 0 Å². The molecule has 12 heavy (non-hydrogen) atoms. The van der Waals surface area contributed by atoms with Gasteiger partial charge in [-0.1, -0.05) is 13.3 Å². The minimum absolute atomic E-state index is 0.0898. The molecule has 0 rings (SSSR count). The van der Waals surface area contributed by atoms with E-state index in [4.69, 9.17) is 22.2 Å². The molecule has 0 saturated carbocycles. The van der Waals surface area contributed by atoms with E-state index in [9.17, 15) is 13.2 Å². The fourth-order valence-corrected chi connectivity index (χ4v) is 4.15. The average Bonchev–Trinajstić information content (AvgIpc) is 1.83. The van der Waals surface area contributed by atoms with Gasteiger partial charge in [0.25, 0.3) is 6.69 Å². The maximum Gasteiger partial charge on any atom is 0.388 e. The Balaban J connectivity index is 3.75. The summed E-state index contributed by atoms with van der Waals surface area (Å²) >= 11 is 11.5. The van der Waals surface area contributed by atoms with Crippen molar-refractivity contribution < 1.29 is 13.2 Å². The summed E-state index contributed by atoms with van der Waals surface area (Å²) in [7, 11) is 0. The van der Waals surface area contributed by atoms with Crippen molar-refractivity contribution in [1.29, 1.82) is 0 Å². The Labute approximate surface area is 80.5 Å². The first-order chi connectivity index (χ1) is 5.27. The van der Waals surface area contributed by atoms with Crippen molar-refractivity contribution in [2.24, 2.45) is 0 Å². The van der Waals surface area contributed by atoms with Gasteiger partial charge >= 0.3 is 6.18 Å². The zero-order chi connectivity index (χ0) is 9.83. The van der Waals surface area contributed by atoms with E-state index in [1.165, 1.54) is 0 Å². The number of hydrogen-bond donors (Lipinski definition) is 0. The quantitative estimate of drug-likeness (QED) is 0.507. The second-order valence-electron chi connectivity index (χ2n) is 2.72. The van der Waals surface area contributed by atoms with Crippen LogP contribution >= 0.6 is 22.2 Å². The van der Waals surface area contributed by atoms with Crippen molar-refractivity contribution in [3.05, 3.63) is 0 Å². The second-order valence-corrected chi connectivity index (χ2v) is 10.4. The molecule has 0 spiro atoms.